The van der Waals surface area contributed by atoms with Gasteiger partial charge in [-0.2, -0.15) is 11.8 Å². The van der Waals surface area contributed by atoms with Crippen molar-refractivity contribution in [2.24, 2.45) is 0 Å². The van der Waals surface area contributed by atoms with Crippen molar-refractivity contribution in [3.63, 3.8) is 0 Å². The number of nitrogens with zero attached hydrogens (tertiary/aromatic N) is 1. The molecule has 9 nitrogen and oxygen atoms in total. The lowest BCUT2D eigenvalue weighted by Gasteiger charge is -2.40. The van der Waals surface area contributed by atoms with Gasteiger partial charge in [-0.25, -0.2) is 0 Å². The summed E-state index contributed by atoms with van der Waals surface area (Å²) in [6, 6.07) is 0. The Morgan fingerprint density at radius 3 is 2.35 bits per heavy atom. The molecule has 3 amide bonds. The zero-order valence-electron chi connectivity index (χ0n) is 23.4. The van der Waals surface area contributed by atoms with Gasteiger partial charge in [0, 0.05) is 61.4 Å². The molecule has 0 fully saturated rings. The van der Waals surface area contributed by atoms with E-state index in [2.05, 4.69) is 30.4 Å². The molecular weight excluding hydrogens is 494 g/mol. The van der Waals surface area contributed by atoms with Crippen molar-refractivity contribution in [2.75, 3.05) is 45.2 Å². The summed E-state index contributed by atoms with van der Waals surface area (Å²) in [4.78, 5) is 38.7. The predicted octanol–water partition coefficient (Wildman–Crippen LogP) is 2.09. The average molecular weight is 544 g/mol. The summed E-state index contributed by atoms with van der Waals surface area (Å²) < 4.78 is 5.04. The number of hydrogen-bond donors (Lipinski definition) is 4. The summed E-state index contributed by atoms with van der Waals surface area (Å²) in [5, 5.41) is 23.7. The molecule has 37 heavy (non-hydrogen) atoms. The number of hydrogen-bond acceptors (Lipinski definition) is 7. The molecule has 4 N–H and O–H groups in total. The zero-order valence-corrected chi connectivity index (χ0v) is 24.3. The number of aliphatic hydroxyl groups is 2. The molecule has 0 spiro atoms. The fraction of sp³-hybridized carbons (Fsp3) is 0.815. The van der Waals surface area contributed by atoms with E-state index in [1.54, 1.807) is 11.8 Å². The first-order chi connectivity index (χ1) is 17.4. The lowest BCUT2D eigenvalue weighted by molar-refractivity contribution is -0.136. The van der Waals surface area contributed by atoms with Gasteiger partial charge in [-0.15, -0.1) is 12.3 Å². The van der Waals surface area contributed by atoms with Crippen LogP contribution in [0.1, 0.15) is 79.6 Å². The number of ether oxygens (including phenoxy) is 1. The third-order valence-corrected chi connectivity index (χ3v) is 7.36. The minimum Gasteiger partial charge on any atom is -0.394 e. The number of unbranched alkanes of at least 4 members (excludes halogenated alkanes) is 1. The maximum atomic E-state index is 12.8. The highest BCUT2D eigenvalue weighted by Gasteiger charge is 2.31. The fourth-order valence-corrected chi connectivity index (χ4v) is 4.61. The lowest BCUT2D eigenvalue weighted by Crippen LogP contribution is -2.50. The van der Waals surface area contributed by atoms with Crippen LogP contribution < -0.4 is 10.6 Å². The fourth-order valence-electron chi connectivity index (χ4n) is 3.53. The van der Waals surface area contributed by atoms with Crippen LogP contribution >= 0.6 is 11.8 Å². The topological polar surface area (TPSA) is 128 Å². The molecule has 0 saturated carbocycles. The Kier molecular flexibility index (Phi) is 18.4. The highest BCUT2D eigenvalue weighted by atomic mass is 32.2. The highest BCUT2D eigenvalue weighted by Crippen LogP contribution is 2.31. The second-order valence-electron chi connectivity index (χ2n) is 10.2. The van der Waals surface area contributed by atoms with Crippen LogP contribution in [0.2, 0.25) is 0 Å². The second-order valence-corrected chi connectivity index (χ2v) is 12.0. The normalized spacial score (nSPS) is 12.5. The average Bonchev–Trinajstić information content (AvgIpc) is 2.83. The Hall–Kier alpha value is -1.80. The van der Waals surface area contributed by atoms with Crippen molar-refractivity contribution in [1.29, 1.82) is 0 Å². The first-order valence-electron chi connectivity index (χ1n) is 13.2. The number of nitrogens with one attached hydrogen (secondary N) is 2. The van der Waals surface area contributed by atoms with Gasteiger partial charge in [-0.05, 0) is 33.1 Å². The van der Waals surface area contributed by atoms with Crippen LogP contribution in [0.4, 0.5) is 0 Å². The number of carbonyl (C=O) groups is 3. The highest BCUT2D eigenvalue weighted by molar-refractivity contribution is 8.00. The molecule has 0 radical (unpaired) electrons. The van der Waals surface area contributed by atoms with Crippen LogP contribution in [-0.2, 0) is 19.1 Å². The molecule has 0 heterocycles. The first kappa shape index (κ1) is 35.2. The predicted molar refractivity (Wildman–Crippen MR) is 149 cm³/mol. The van der Waals surface area contributed by atoms with Crippen LogP contribution in [0, 0.1) is 12.3 Å². The van der Waals surface area contributed by atoms with Crippen LogP contribution in [0.5, 0.6) is 0 Å². The first-order valence-corrected chi connectivity index (χ1v) is 14.1. The molecule has 0 rings (SSSR count). The van der Waals surface area contributed by atoms with Crippen LogP contribution in [0.25, 0.3) is 0 Å². The zero-order chi connectivity index (χ0) is 28.3. The van der Waals surface area contributed by atoms with Gasteiger partial charge >= 0.3 is 0 Å². The van der Waals surface area contributed by atoms with Gasteiger partial charge in [0.05, 0.1) is 19.8 Å². The summed E-state index contributed by atoms with van der Waals surface area (Å²) in [7, 11) is 0. The van der Waals surface area contributed by atoms with Gasteiger partial charge in [0.15, 0.2) is 0 Å². The van der Waals surface area contributed by atoms with Gasteiger partial charge in [-0.3, -0.25) is 14.4 Å². The number of thioether (sulfide) groups is 1. The maximum absolute atomic E-state index is 12.8. The Bertz CT molecular complexity index is 723. The van der Waals surface area contributed by atoms with Gasteiger partial charge in [0.2, 0.25) is 17.7 Å². The van der Waals surface area contributed by atoms with E-state index in [0.29, 0.717) is 63.9 Å². The van der Waals surface area contributed by atoms with Gasteiger partial charge in [0.1, 0.15) is 6.10 Å². The summed E-state index contributed by atoms with van der Waals surface area (Å²) in [5.41, 5.74) is -0.408. The quantitative estimate of drug-likeness (QED) is 0.129. The minimum absolute atomic E-state index is 0.0194. The van der Waals surface area contributed by atoms with Gasteiger partial charge in [0.25, 0.3) is 0 Å². The molecule has 214 valence electrons. The Balaban J connectivity index is 4.52. The van der Waals surface area contributed by atoms with E-state index in [4.69, 9.17) is 16.3 Å². The smallest absolute Gasteiger partial charge is 0.222 e. The molecule has 0 aliphatic carbocycles. The van der Waals surface area contributed by atoms with E-state index in [0.717, 1.165) is 6.42 Å². The van der Waals surface area contributed by atoms with Gasteiger partial charge in [-0.1, -0.05) is 20.8 Å². The molecule has 0 aliphatic rings. The van der Waals surface area contributed by atoms with Crippen LogP contribution in [-0.4, -0.2) is 94.4 Å². The third kappa shape index (κ3) is 17.4. The van der Waals surface area contributed by atoms with Crippen LogP contribution in [0.15, 0.2) is 0 Å². The number of carbonyl (C=O) groups excluding carboxylic acids is 3. The summed E-state index contributed by atoms with van der Waals surface area (Å²) >= 11 is 1.70. The van der Waals surface area contributed by atoms with E-state index in [1.165, 1.54) is 0 Å². The minimum atomic E-state index is -0.904. The molecule has 0 aliphatic heterocycles. The third-order valence-electron chi connectivity index (χ3n) is 5.97. The number of terminal acetylenes is 1. The van der Waals surface area contributed by atoms with E-state index in [1.807, 2.05) is 25.7 Å². The van der Waals surface area contributed by atoms with E-state index in [-0.39, 0.29) is 42.3 Å². The van der Waals surface area contributed by atoms with E-state index < -0.39 is 11.6 Å². The largest absolute Gasteiger partial charge is 0.394 e. The molecular formula is C27H49N3O6S. The van der Waals surface area contributed by atoms with Crippen molar-refractivity contribution < 1.29 is 29.3 Å². The van der Waals surface area contributed by atoms with Crippen molar-refractivity contribution in [1.82, 2.24) is 15.5 Å². The Morgan fingerprint density at radius 1 is 1.08 bits per heavy atom. The second kappa shape index (κ2) is 19.3. The molecule has 1 atom stereocenters. The molecule has 0 saturated heterocycles. The summed E-state index contributed by atoms with van der Waals surface area (Å²) in [6.07, 6.45) is 8.20. The van der Waals surface area contributed by atoms with Crippen molar-refractivity contribution in [3.05, 3.63) is 0 Å². The van der Waals surface area contributed by atoms with Crippen molar-refractivity contribution in [3.8, 4) is 12.3 Å². The number of aliphatic hydroxyl groups excluding tert-OH is 2. The summed E-state index contributed by atoms with van der Waals surface area (Å²) in [5.74, 6) is 3.18. The SMILES string of the molecule is C#CCCCC(=O)NCCC(C)(C)N(CCC(C)(C)SCCC(=O)NCCOCC(O)CO)C(=O)CC. The lowest BCUT2D eigenvalue weighted by atomic mass is 9.96. The standard InChI is InChI=1S/C27H49N3O6S/c1-7-9-10-11-23(33)28-15-13-26(3,4)30(25(35)8-2)17-14-27(5,6)37-19-12-24(34)29-16-18-36-21-22(32)20-31/h1,22,31-32H,8-21H2,2-6H3,(H,28,33)(H,29,34). The molecule has 10 heteroatoms. The molecule has 0 bridgehead atoms. The molecule has 0 aromatic carbocycles. The number of amides is 3. The van der Waals surface area contributed by atoms with E-state index >= 15 is 0 Å². The Morgan fingerprint density at radius 2 is 1.73 bits per heavy atom. The summed E-state index contributed by atoms with van der Waals surface area (Å²) in [6.45, 7) is 11.6. The number of rotatable bonds is 21. The Labute approximate surface area is 227 Å². The maximum Gasteiger partial charge on any atom is 0.222 e. The van der Waals surface area contributed by atoms with Gasteiger partial charge < -0.3 is 30.5 Å². The van der Waals surface area contributed by atoms with Crippen LogP contribution in [0.3, 0.4) is 0 Å². The molecule has 1 unspecified atom stereocenters. The van der Waals surface area contributed by atoms with Crippen molar-refractivity contribution in [2.45, 2.75) is 96.0 Å². The van der Waals surface area contributed by atoms with E-state index in [9.17, 15) is 19.5 Å². The monoisotopic (exact) mass is 543 g/mol. The molecule has 0 aromatic heterocycles. The van der Waals surface area contributed by atoms with Crippen molar-refractivity contribution >= 4 is 29.5 Å². The molecule has 0 aromatic rings.